The van der Waals surface area contributed by atoms with Crippen LogP contribution in [0, 0.1) is 23.7 Å². The van der Waals surface area contributed by atoms with Crippen molar-refractivity contribution >= 4 is 29.0 Å². The van der Waals surface area contributed by atoms with E-state index in [0.717, 1.165) is 11.1 Å². The highest BCUT2D eigenvalue weighted by atomic mass is 16.3. The Kier molecular flexibility index (Phi) is 7.03. The zero-order valence-corrected chi connectivity index (χ0v) is 24.4. The van der Waals surface area contributed by atoms with Crippen LogP contribution >= 0.6 is 0 Å². The fraction of sp³-hybridized carbons (Fsp3) is 0.469. The third kappa shape index (κ3) is 4.15. The third-order valence-corrected chi connectivity index (χ3v) is 9.42. The first-order valence-corrected chi connectivity index (χ1v) is 14.1. The Balaban J connectivity index is 1.67. The first-order valence-electron chi connectivity index (χ1n) is 14.1. The lowest BCUT2D eigenvalue weighted by atomic mass is 9.52. The molecule has 2 fully saturated rings. The van der Waals surface area contributed by atoms with Crippen molar-refractivity contribution in [2.45, 2.75) is 57.2 Å². The molecule has 0 heterocycles. The molecule has 6 N–H and O–H groups in total. The average molecular weight is 576 g/mol. The van der Waals surface area contributed by atoms with Gasteiger partial charge in [-0.1, -0.05) is 45.0 Å². The lowest BCUT2D eigenvalue weighted by Crippen LogP contribution is -2.74. The lowest BCUT2D eigenvalue weighted by Gasteiger charge is -2.52. The zero-order chi connectivity index (χ0) is 31.0. The average Bonchev–Trinajstić information content (AvgIpc) is 2.90. The normalized spacial score (nSPS) is 29.3. The van der Waals surface area contributed by atoms with E-state index in [1.165, 1.54) is 4.90 Å². The third-order valence-electron chi connectivity index (χ3n) is 9.42. The number of hydrogen-bond donors (Lipinski definition) is 4. The van der Waals surface area contributed by atoms with E-state index in [2.05, 4.69) is 20.8 Å². The van der Waals surface area contributed by atoms with Gasteiger partial charge in [0.2, 0.25) is 5.91 Å². The number of likely N-dealkylation sites (N-methyl/N-ethyl adjacent to an activating group) is 1. The highest BCUT2D eigenvalue weighted by Crippen LogP contribution is 2.52. The fourth-order valence-corrected chi connectivity index (χ4v) is 7.29. The van der Waals surface area contributed by atoms with Crippen LogP contribution in [0.25, 0.3) is 11.1 Å². The van der Waals surface area contributed by atoms with Crippen LogP contribution in [0.5, 0.6) is 5.75 Å². The van der Waals surface area contributed by atoms with Crippen LogP contribution in [0.15, 0.2) is 30.3 Å². The minimum Gasteiger partial charge on any atom is -0.507 e. The zero-order valence-electron chi connectivity index (χ0n) is 24.4. The number of phenols is 1. The van der Waals surface area contributed by atoms with Crippen molar-refractivity contribution < 1.29 is 34.2 Å². The van der Waals surface area contributed by atoms with Gasteiger partial charge >= 0.3 is 0 Å². The summed E-state index contributed by atoms with van der Waals surface area (Å²) < 4.78 is 0. The minimum absolute atomic E-state index is 0.00823. The fourth-order valence-electron chi connectivity index (χ4n) is 7.29. The molecule has 0 aliphatic heterocycles. The summed E-state index contributed by atoms with van der Waals surface area (Å²) in [7, 11) is 3.11. The van der Waals surface area contributed by atoms with Gasteiger partial charge in [-0.2, -0.15) is 0 Å². The van der Waals surface area contributed by atoms with Gasteiger partial charge < -0.3 is 21.7 Å². The number of rotatable bonds is 4. The predicted molar refractivity (Wildman–Crippen MR) is 153 cm³/mol. The number of primary amides is 1. The molecule has 1 amide bonds. The number of nitrogens with zero attached hydrogens (tertiary/aromatic N) is 1. The van der Waals surface area contributed by atoms with Crippen molar-refractivity contribution in [3.8, 4) is 16.9 Å². The van der Waals surface area contributed by atoms with Crippen LogP contribution in [-0.4, -0.2) is 69.9 Å². The molecule has 222 valence electrons. The summed E-state index contributed by atoms with van der Waals surface area (Å²) in [4.78, 5) is 68.6. The monoisotopic (exact) mass is 575 g/mol. The molecule has 0 saturated heterocycles. The quantitative estimate of drug-likeness (QED) is 0.391. The summed E-state index contributed by atoms with van der Waals surface area (Å²) in [6.07, 6.45) is 0.173. The number of aliphatic hydroxyl groups is 1. The van der Waals surface area contributed by atoms with Gasteiger partial charge in [-0.25, -0.2) is 0 Å². The van der Waals surface area contributed by atoms with Crippen LogP contribution in [0.4, 0.5) is 0 Å². The molecule has 10 heteroatoms. The van der Waals surface area contributed by atoms with Crippen molar-refractivity contribution in [1.29, 1.82) is 0 Å². The van der Waals surface area contributed by atoms with Crippen LogP contribution in [0.2, 0.25) is 0 Å². The molecule has 0 aromatic heterocycles. The van der Waals surface area contributed by atoms with Crippen LogP contribution in [0.1, 0.15) is 54.2 Å². The molecule has 5 rings (SSSR count). The van der Waals surface area contributed by atoms with Crippen molar-refractivity contribution in [3.05, 3.63) is 52.6 Å². The lowest BCUT2D eigenvalue weighted by molar-refractivity contribution is -0.181. The van der Waals surface area contributed by atoms with E-state index in [4.69, 9.17) is 11.5 Å². The van der Waals surface area contributed by atoms with Crippen LogP contribution < -0.4 is 11.5 Å². The molecule has 3 aliphatic carbocycles. The Morgan fingerprint density at radius 2 is 1.69 bits per heavy atom. The van der Waals surface area contributed by atoms with Gasteiger partial charge in [-0.05, 0) is 66.6 Å². The SMILES string of the molecule is CN(C)[C@H]1C(=O)C(C(N)=O)C(=O)[C@]2(O)C(=O)C3C(=O)c4c(O)c(CN)cc(-c5ccc(C(C)(C)C)cc5)c4C[C@@H]3C[C@H]12. The molecule has 0 radical (unpaired) electrons. The first kappa shape index (κ1) is 29.8. The van der Waals surface area contributed by atoms with E-state index in [-0.39, 0.29) is 36.1 Å². The number of hydrogen-bond acceptors (Lipinski definition) is 9. The maximum atomic E-state index is 14.1. The summed E-state index contributed by atoms with van der Waals surface area (Å²) in [5.41, 5.74) is 11.9. The second kappa shape index (κ2) is 9.93. The van der Waals surface area contributed by atoms with Gasteiger partial charge in [-0.15, -0.1) is 0 Å². The topological polar surface area (TPSA) is 181 Å². The summed E-state index contributed by atoms with van der Waals surface area (Å²) in [6, 6.07) is 8.50. The van der Waals surface area contributed by atoms with Crippen molar-refractivity contribution in [2.24, 2.45) is 35.1 Å². The largest absolute Gasteiger partial charge is 0.507 e. The number of carbonyl (C=O) groups excluding carboxylic acids is 5. The number of fused-ring (bicyclic) bond motifs is 3. The molecule has 2 aromatic carbocycles. The summed E-state index contributed by atoms with van der Waals surface area (Å²) >= 11 is 0. The first-order chi connectivity index (χ1) is 19.5. The smallest absolute Gasteiger partial charge is 0.235 e. The number of aromatic hydroxyl groups is 1. The Morgan fingerprint density at radius 1 is 1.07 bits per heavy atom. The van der Waals surface area contributed by atoms with Crippen molar-refractivity contribution in [3.63, 3.8) is 0 Å². The molecule has 2 aromatic rings. The molecule has 0 spiro atoms. The highest BCUT2D eigenvalue weighted by molar-refractivity contribution is 6.32. The van der Waals surface area contributed by atoms with E-state index in [1.54, 1.807) is 20.2 Å². The van der Waals surface area contributed by atoms with Gasteiger partial charge in [0.15, 0.2) is 34.7 Å². The maximum absolute atomic E-state index is 14.1. The van der Waals surface area contributed by atoms with Crippen LogP contribution in [0.3, 0.4) is 0 Å². The number of nitrogens with two attached hydrogens (primary N) is 2. The molecule has 3 aliphatic rings. The number of Topliss-reactive ketones (excluding diaryl/α,β-unsaturated/α-hetero) is 4. The Bertz CT molecular complexity index is 1540. The molecular weight excluding hydrogens is 538 g/mol. The molecule has 2 saturated carbocycles. The standard InChI is InChI=1S/C32H37N3O7/c1-31(2,3)17-8-6-14(7-9-17)18-11-16(13-33)25(36)22-19(18)10-15-12-20-24(35(4)5)27(38)23(30(34)41)29(40)32(20,42)28(39)21(15)26(22)37/h6-9,11,15,20-21,23-24,36,42H,10,12-13,33H2,1-5H3,(H2,34,41)/t15-,20-,21?,23?,24-,32-/m1/s1. The molecule has 0 bridgehead atoms. The Hall–Kier alpha value is -3.73. The second-order valence-corrected chi connectivity index (χ2v) is 13.1. The van der Waals surface area contributed by atoms with E-state index >= 15 is 0 Å². The number of amides is 1. The van der Waals surface area contributed by atoms with Gasteiger partial charge in [0.1, 0.15) is 5.75 Å². The molecular formula is C32H37N3O7. The van der Waals surface area contributed by atoms with E-state index in [9.17, 15) is 34.2 Å². The predicted octanol–water partition coefficient (Wildman–Crippen LogP) is 1.29. The summed E-state index contributed by atoms with van der Waals surface area (Å²) in [5.74, 6) is -10.7. The number of phenolic OH excluding ortho intramolecular Hbond substituents is 1. The van der Waals surface area contributed by atoms with Gasteiger partial charge in [0.05, 0.1) is 17.5 Å². The van der Waals surface area contributed by atoms with E-state index in [0.29, 0.717) is 16.7 Å². The van der Waals surface area contributed by atoms with E-state index < -0.39 is 64.4 Å². The molecule has 10 nitrogen and oxygen atoms in total. The Morgan fingerprint density at radius 3 is 2.21 bits per heavy atom. The highest BCUT2D eigenvalue weighted by Gasteiger charge is 2.69. The number of ketones is 4. The number of carbonyl (C=O) groups is 5. The summed E-state index contributed by atoms with van der Waals surface area (Å²) in [5, 5.41) is 22.9. The van der Waals surface area contributed by atoms with Crippen LogP contribution in [-0.2, 0) is 37.6 Å². The number of benzene rings is 2. The van der Waals surface area contributed by atoms with Crippen molar-refractivity contribution in [1.82, 2.24) is 4.90 Å². The van der Waals surface area contributed by atoms with Gasteiger partial charge in [0.25, 0.3) is 0 Å². The Labute approximate surface area is 244 Å². The van der Waals surface area contributed by atoms with Gasteiger partial charge in [0, 0.05) is 18.0 Å². The maximum Gasteiger partial charge on any atom is 0.235 e. The van der Waals surface area contributed by atoms with Gasteiger partial charge in [-0.3, -0.25) is 28.9 Å². The molecule has 2 unspecified atom stereocenters. The molecule has 42 heavy (non-hydrogen) atoms. The molecule has 6 atom stereocenters. The second-order valence-electron chi connectivity index (χ2n) is 13.1. The van der Waals surface area contributed by atoms with E-state index in [1.807, 2.05) is 24.3 Å². The van der Waals surface area contributed by atoms with Crippen molar-refractivity contribution in [2.75, 3.05) is 14.1 Å². The summed E-state index contributed by atoms with van der Waals surface area (Å²) in [6.45, 7) is 6.23. The minimum atomic E-state index is -2.76.